The smallest absolute Gasteiger partial charge is 0.235 e. The quantitative estimate of drug-likeness (QED) is 0.717. The highest BCUT2D eigenvalue weighted by molar-refractivity contribution is 5.17. The third-order valence-electron chi connectivity index (χ3n) is 2.02. The van der Waals surface area contributed by atoms with Crippen LogP contribution in [0.15, 0.2) is 12.4 Å². The molecule has 0 aliphatic carbocycles. The molecule has 15 heavy (non-hydrogen) atoms. The molecule has 0 spiro atoms. The summed E-state index contributed by atoms with van der Waals surface area (Å²) >= 11 is 0. The zero-order valence-electron chi connectivity index (χ0n) is 9.66. The van der Waals surface area contributed by atoms with Crippen molar-refractivity contribution in [3.05, 3.63) is 18.1 Å². The molecule has 0 radical (unpaired) electrons. The molecule has 0 aliphatic heterocycles. The zero-order chi connectivity index (χ0) is 11.1. The van der Waals surface area contributed by atoms with E-state index in [-0.39, 0.29) is 0 Å². The Balaban J connectivity index is 2.36. The summed E-state index contributed by atoms with van der Waals surface area (Å²) in [7, 11) is 1.62. The predicted octanol–water partition coefficient (Wildman–Crippen LogP) is 1.27. The Morgan fingerprint density at radius 1 is 1.33 bits per heavy atom. The van der Waals surface area contributed by atoms with Gasteiger partial charge in [0.05, 0.1) is 7.11 Å². The molecule has 0 aromatic carbocycles. The van der Waals surface area contributed by atoms with Crippen molar-refractivity contribution in [1.82, 2.24) is 15.3 Å². The van der Waals surface area contributed by atoms with E-state index in [1.807, 2.05) is 0 Å². The Labute approximate surface area is 91.1 Å². The Bertz CT molecular complexity index is 289. The first-order valence-electron chi connectivity index (χ1n) is 5.28. The van der Waals surface area contributed by atoms with Gasteiger partial charge in [-0.2, -0.15) is 0 Å². The lowest BCUT2D eigenvalue weighted by atomic mass is 10.2. The Morgan fingerprint density at radius 2 is 2.07 bits per heavy atom. The van der Waals surface area contributed by atoms with Crippen LogP contribution in [0.25, 0.3) is 0 Å². The average molecular weight is 209 g/mol. The SMILES string of the molecule is COc1nccnc1CCNCC(C)C. The molecule has 0 saturated heterocycles. The van der Waals surface area contributed by atoms with Crippen LogP contribution in [0.1, 0.15) is 19.5 Å². The van der Waals surface area contributed by atoms with Crippen LogP contribution in [0.3, 0.4) is 0 Å². The van der Waals surface area contributed by atoms with Crippen molar-refractivity contribution >= 4 is 0 Å². The second-order valence-electron chi connectivity index (χ2n) is 3.86. The molecule has 0 fully saturated rings. The Hall–Kier alpha value is -1.16. The van der Waals surface area contributed by atoms with Crippen molar-refractivity contribution in [3.8, 4) is 5.88 Å². The number of hydrogen-bond acceptors (Lipinski definition) is 4. The Morgan fingerprint density at radius 3 is 2.73 bits per heavy atom. The molecular weight excluding hydrogens is 190 g/mol. The summed E-state index contributed by atoms with van der Waals surface area (Å²) in [4.78, 5) is 8.34. The normalized spacial score (nSPS) is 10.7. The maximum Gasteiger partial charge on any atom is 0.235 e. The molecular formula is C11H19N3O. The fraction of sp³-hybridized carbons (Fsp3) is 0.636. The summed E-state index contributed by atoms with van der Waals surface area (Å²) in [6.07, 6.45) is 4.19. The molecule has 1 heterocycles. The van der Waals surface area contributed by atoms with Gasteiger partial charge in [0.15, 0.2) is 0 Å². The molecule has 4 heteroatoms. The van der Waals surface area contributed by atoms with Crippen LogP contribution in [0.2, 0.25) is 0 Å². The van der Waals surface area contributed by atoms with E-state index >= 15 is 0 Å². The van der Waals surface area contributed by atoms with Gasteiger partial charge in [0.25, 0.3) is 0 Å². The number of hydrogen-bond donors (Lipinski definition) is 1. The van der Waals surface area contributed by atoms with Gasteiger partial charge >= 0.3 is 0 Å². The van der Waals surface area contributed by atoms with Gasteiger partial charge in [0, 0.05) is 25.4 Å². The Kier molecular flexibility index (Phi) is 5.04. The first-order chi connectivity index (χ1) is 7.24. The summed E-state index contributed by atoms with van der Waals surface area (Å²) in [6.45, 7) is 6.32. The molecule has 84 valence electrons. The first-order valence-corrected chi connectivity index (χ1v) is 5.28. The number of nitrogens with zero attached hydrogens (tertiary/aromatic N) is 2. The summed E-state index contributed by atoms with van der Waals surface area (Å²) in [5.41, 5.74) is 0.913. The van der Waals surface area contributed by atoms with E-state index in [4.69, 9.17) is 4.74 Å². The standard InChI is InChI=1S/C11H19N3O/c1-9(2)8-12-5-4-10-11(15-3)14-7-6-13-10/h6-7,9,12H,4-5,8H2,1-3H3. The molecule has 1 N–H and O–H groups in total. The van der Waals surface area contributed by atoms with Crippen LogP contribution in [0.4, 0.5) is 0 Å². The molecule has 1 rings (SSSR count). The lowest BCUT2D eigenvalue weighted by molar-refractivity contribution is 0.388. The molecule has 0 atom stereocenters. The maximum absolute atomic E-state index is 5.12. The highest BCUT2D eigenvalue weighted by atomic mass is 16.5. The van der Waals surface area contributed by atoms with Crippen molar-refractivity contribution in [2.45, 2.75) is 20.3 Å². The van der Waals surface area contributed by atoms with Crippen LogP contribution >= 0.6 is 0 Å². The minimum absolute atomic E-state index is 0.629. The minimum atomic E-state index is 0.629. The lowest BCUT2D eigenvalue weighted by Crippen LogP contribution is -2.22. The number of ether oxygens (including phenoxy) is 1. The van der Waals surface area contributed by atoms with Gasteiger partial charge in [-0.05, 0) is 12.5 Å². The number of methoxy groups -OCH3 is 1. The molecule has 4 nitrogen and oxygen atoms in total. The van der Waals surface area contributed by atoms with Gasteiger partial charge in [-0.15, -0.1) is 0 Å². The maximum atomic E-state index is 5.12. The van der Waals surface area contributed by atoms with Crippen molar-refractivity contribution in [2.24, 2.45) is 5.92 Å². The summed E-state index contributed by atoms with van der Waals surface area (Å²) < 4.78 is 5.12. The second-order valence-corrected chi connectivity index (χ2v) is 3.86. The molecule has 0 bridgehead atoms. The summed E-state index contributed by atoms with van der Waals surface area (Å²) in [5, 5.41) is 3.36. The highest BCUT2D eigenvalue weighted by Gasteiger charge is 2.04. The van der Waals surface area contributed by atoms with E-state index in [1.165, 1.54) is 0 Å². The van der Waals surface area contributed by atoms with Gasteiger partial charge in [-0.3, -0.25) is 4.98 Å². The fourth-order valence-electron chi connectivity index (χ4n) is 1.29. The second kappa shape index (κ2) is 6.35. The van der Waals surface area contributed by atoms with E-state index in [0.29, 0.717) is 11.8 Å². The largest absolute Gasteiger partial charge is 0.480 e. The van der Waals surface area contributed by atoms with E-state index in [0.717, 1.165) is 25.2 Å². The van der Waals surface area contributed by atoms with Gasteiger partial charge in [0.1, 0.15) is 5.69 Å². The number of nitrogens with one attached hydrogen (secondary N) is 1. The number of aromatic nitrogens is 2. The van der Waals surface area contributed by atoms with Crippen LogP contribution in [0.5, 0.6) is 5.88 Å². The van der Waals surface area contributed by atoms with E-state index in [1.54, 1.807) is 19.5 Å². The van der Waals surface area contributed by atoms with Gasteiger partial charge in [-0.25, -0.2) is 4.98 Å². The third kappa shape index (κ3) is 4.25. The van der Waals surface area contributed by atoms with E-state index in [9.17, 15) is 0 Å². The van der Waals surface area contributed by atoms with Crippen molar-refractivity contribution in [2.75, 3.05) is 20.2 Å². The third-order valence-corrected chi connectivity index (χ3v) is 2.02. The first kappa shape index (κ1) is 11.9. The molecule has 0 saturated carbocycles. The topological polar surface area (TPSA) is 47.0 Å². The van der Waals surface area contributed by atoms with Crippen molar-refractivity contribution in [1.29, 1.82) is 0 Å². The van der Waals surface area contributed by atoms with Gasteiger partial charge in [-0.1, -0.05) is 13.8 Å². The fourth-order valence-corrected chi connectivity index (χ4v) is 1.29. The average Bonchev–Trinajstić information content (AvgIpc) is 2.24. The molecule has 1 aromatic heterocycles. The summed E-state index contributed by atoms with van der Waals surface area (Å²) in [5.74, 6) is 1.30. The monoisotopic (exact) mass is 209 g/mol. The van der Waals surface area contributed by atoms with Gasteiger partial charge < -0.3 is 10.1 Å². The van der Waals surface area contributed by atoms with Crippen LogP contribution in [0, 0.1) is 5.92 Å². The lowest BCUT2D eigenvalue weighted by Gasteiger charge is -2.08. The van der Waals surface area contributed by atoms with Crippen LogP contribution in [-0.4, -0.2) is 30.2 Å². The zero-order valence-corrected chi connectivity index (χ0v) is 9.66. The van der Waals surface area contributed by atoms with E-state index in [2.05, 4.69) is 29.1 Å². The molecule has 0 aliphatic rings. The van der Waals surface area contributed by atoms with Crippen molar-refractivity contribution in [3.63, 3.8) is 0 Å². The van der Waals surface area contributed by atoms with E-state index < -0.39 is 0 Å². The predicted molar refractivity (Wildman–Crippen MR) is 60.0 cm³/mol. The minimum Gasteiger partial charge on any atom is -0.480 e. The van der Waals surface area contributed by atoms with Crippen LogP contribution < -0.4 is 10.1 Å². The molecule has 0 amide bonds. The highest BCUT2D eigenvalue weighted by Crippen LogP contribution is 2.10. The number of rotatable bonds is 6. The molecule has 1 aromatic rings. The van der Waals surface area contributed by atoms with Crippen molar-refractivity contribution < 1.29 is 4.74 Å². The van der Waals surface area contributed by atoms with Crippen LogP contribution in [-0.2, 0) is 6.42 Å². The molecule has 0 unspecified atom stereocenters. The van der Waals surface area contributed by atoms with Gasteiger partial charge in [0.2, 0.25) is 5.88 Å². The summed E-state index contributed by atoms with van der Waals surface area (Å²) in [6, 6.07) is 0.